The molecule has 56 heavy (non-hydrogen) atoms. The van der Waals surface area contributed by atoms with E-state index in [0.717, 1.165) is 12.8 Å². The fourth-order valence-electron chi connectivity index (χ4n) is 8.75. The maximum Gasteiger partial charge on any atom is 0.410 e. The zero-order valence-corrected chi connectivity index (χ0v) is 31.9. The second-order valence-electron chi connectivity index (χ2n) is 16.0. The van der Waals surface area contributed by atoms with Gasteiger partial charge in [0.1, 0.15) is 24.1 Å². The van der Waals surface area contributed by atoms with E-state index in [1.807, 2.05) is 10.8 Å². The zero-order valence-electron chi connectivity index (χ0n) is 31.1. The third-order valence-corrected chi connectivity index (χ3v) is 13.5. The van der Waals surface area contributed by atoms with E-state index in [1.54, 1.807) is 18.2 Å². The number of benzene rings is 1. The van der Waals surface area contributed by atoms with Crippen molar-refractivity contribution in [3.63, 3.8) is 0 Å². The molecule has 2 saturated carbocycles. The van der Waals surface area contributed by atoms with E-state index < -0.39 is 107 Å². The Bertz CT molecular complexity index is 1880. The van der Waals surface area contributed by atoms with E-state index in [9.17, 15) is 45.6 Å². The number of rotatable bonds is 6. The summed E-state index contributed by atoms with van der Waals surface area (Å²) in [6.45, 7) is -1.70. The van der Waals surface area contributed by atoms with E-state index in [4.69, 9.17) is 9.47 Å². The number of hydrogen-bond acceptors (Lipinski definition) is 9. The molecular formula is C38H48F3N5O9S. The highest BCUT2D eigenvalue weighted by atomic mass is 32.2. The SMILES string of the molecule is O=C(N[C@H]1CCCCC/C=C\[C@@H]2C[C@@]2(C(=O)NS(=O)(=O)N2CCC(F)(F)C2)CC(=O)[C@@H]2C[C@@H](OC(=O)N3Cc4cccc(F)c4C3)CN2C1=O)OC1CCCC1. The number of ether oxygens (including phenoxy) is 2. The van der Waals surface area contributed by atoms with E-state index >= 15 is 0 Å². The molecule has 0 radical (unpaired) electrons. The van der Waals surface area contributed by atoms with Gasteiger partial charge in [-0.15, -0.1) is 0 Å². The molecule has 4 amide bonds. The number of halogens is 3. The second-order valence-corrected chi connectivity index (χ2v) is 17.7. The lowest BCUT2D eigenvalue weighted by Crippen LogP contribution is -2.53. The van der Waals surface area contributed by atoms with Gasteiger partial charge >= 0.3 is 22.4 Å². The summed E-state index contributed by atoms with van der Waals surface area (Å²) in [5, 5.41) is 2.71. The Morgan fingerprint density at radius 3 is 2.45 bits per heavy atom. The first-order valence-electron chi connectivity index (χ1n) is 19.5. The molecule has 4 heterocycles. The Balaban J connectivity index is 1.12. The molecule has 2 N–H and O–H groups in total. The van der Waals surface area contributed by atoms with Crippen LogP contribution in [0.2, 0.25) is 0 Å². The number of amides is 4. The fourth-order valence-corrected chi connectivity index (χ4v) is 10.0. The number of Topliss-reactive ketones (excluding diaryl/α,β-unsaturated/α-hetero) is 1. The molecule has 1 aromatic rings. The van der Waals surface area contributed by atoms with Gasteiger partial charge in [0, 0.05) is 37.9 Å². The number of ketones is 1. The van der Waals surface area contributed by atoms with Gasteiger partial charge in [-0.1, -0.05) is 37.1 Å². The van der Waals surface area contributed by atoms with Crippen LogP contribution in [0.5, 0.6) is 0 Å². The molecule has 0 aromatic heterocycles. The minimum Gasteiger partial charge on any atom is -0.446 e. The first kappa shape index (κ1) is 40.0. The molecule has 2 saturated heterocycles. The fraction of sp³-hybridized carbons (Fsp3) is 0.658. The van der Waals surface area contributed by atoms with Crippen molar-refractivity contribution in [3.8, 4) is 0 Å². The zero-order chi connectivity index (χ0) is 39.8. The average molecular weight is 808 g/mol. The van der Waals surface area contributed by atoms with Gasteiger partial charge in [0.25, 0.3) is 5.92 Å². The van der Waals surface area contributed by atoms with Gasteiger partial charge in [-0.05, 0) is 68.9 Å². The predicted octanol–water partition coefficient (Wildman–Crippen LogP) is 4.47. The summed E-state index contributed by atoms with van der Waals surface area (Å²) < 4.78 is 82.4. The number of nitrogens with one attached hydrogen (secondary N) is 2. The smallest absolute Gasteiger partial charge is 0.410 e. The lowest BCUT2D eigenvalue weighted by atomic mass is 9.91. The maximum absolute atomic E-state index is 14.5. The van der Waals surface area contributed by atoms with Crippen molar-refractivity contribution in [3.05, 3.63) is 47.3 Å². The number of alkyl carbamates (subject to hydrolysis) is 1. The Labute approximate surface area is 323 Å². The van der Waals surface area contributed by atoms with E-state index in [-0.39, 0.29) is 45.0 Å². The van der Waals surface area contributed by atoms with Crippen LogP contribution in [0.25, 0.3) is 0 Å². The van der Waals surface area contributed by atoms with E-state index in [2.05, 4.69) is 5.32 Å². The van der Waals surface area contributed by atoms with Crippen LogP contribution in [0.4, 0.5) is 22.8 Å². The Morgan fingerprint density at radius 2 is 1.71 bits per heavy atom. The highest BCUT2D eigenvalue weighted by Crippen LogP contribution is 2.57. The molecule has 4 fully saturated rings. The minimum atomic E-state index is -4.67. The summed E-state index contributed by atoms with van der Waals surface area (Å²) in [6.07, 6.45) is 5.68. The lowest BCUT2D eigenvalue weighted by Gasteiger charge is -2.29. The van der Waals surface area contributed by atoms with Crippen LogP contribution in [-0.4, -0.2) is 102 Å². The minimum absolute atomic E-state index is 0.0296. The van der Waals surface area contributed by atoms with Crippen molar-refractivity contribution < 1.29 is 55.0 Å². The summed E-state index contributed by atoms with van der Waals surface area (Å²) in [5.74, 6) is -6.43. The number of hydrogen-bond donors (Lipinski definition) is 2. The third-order valence-electron chi connectivity index (χ3n) is 12.0. The van der Waals surface area contributed by atoms with Gasteiger partial charge in [-0.3, -0.25) is 19.3 Å². The molecule has 0 unspecified atom stereocenters. The van der Waals surface area contributed by atoms with Crippen LogP contribution in [0, 0.1) is 17.2 Å². The molecule has 0 bridgehead atoms. The van der Waals surface area contributed by atoms with Gasteiger partial charge < -0.3 is 19.7 Å². The number of carbonyl (C=O) groups excluding carboxylic acids is 5. The van der Waals surface area contributed by atoms with Crippen molar-refractivity contribution in [2.24, 2.45) is 11.3 Å². The summed E-state index contributed by atoms with van der Waals surface area (Å²) in [7, 11) is -4.67. The number of carbonyl (C=O) groups is 5. The van der Waals surface area contributed by atoms with Crippen molar-refractivity contribution in [1.82, 2.24) is 24.1 Å². The highest BCUT2D eigenvalue weighted by Gasteiger charge is 2.62. The number of allylic oxidation sites excluding steroid dienone is 2. The average Bonchev–Trinajstić information content (AvgIpc) is 3.70. The summed E-state index contributed by atoms with van der Waals surface area (Å²) in [5.41, 5.74) is -0.549. The van der Waals surface area contributed by atoms with Crippen LogP contribution < -0.4 is 10.0 Å². The molecule has 7 rings (SSSR count). The Kier molecular flexibility index (Phi) is 11.4. The number of fused-ring (bicyclic) bond motifs is 3. The Hall–Kier alpha value is -4.19. The van der Waals surface area contributed by atoms with Gasteiger partial charge in [-0.2, -0.15) is 12.7 Å². The summed E-state index contributed by atoms with van der Waals surface area (Å²) >= 11 is 0. The summed E-state index contributed by atoms with van der Waals surface area (Å²) in [6, 6.07) is 2.24. The third kappa shape index (κ3) is 8.70. The van der Waals surface area contributed by atoms with E-state index in [1.165, 1.54) is 15.9 Å². The van der Waals surface area contributed by atoms with Crippen LogP contribution in [0.3, 0.4) is 0 Å². The first-order valence-corrected chi connectivity index (χ1v) is 21.0. The molecule has 5 atom stereocenters. The van der Waals surface area contributed by atoms with Crippen molar-refractivity contribution in [1.29, 1.82) is 0 Å². The normalized spacial score (nSPS) is 30.4. The van der Waals surface area contributed by atoms with Crippen LogP contribution in [0.15, 0.2) is 30.4 Å². The number of nitrogens with zero attached hydrogens (tertiary/aromatic N) is 3. The topological polar surface area (TPSA) is 172 Å². The first-order chi connectivity index (χ1) is 26.6. The van der Waals surface area contributed by atoms with Gasteiger partial charge in [0.2, 0.25) is 11.8 Å². The molecule has 18 heteroatoms. The van der Waals surface area contributed by atoms with Crippen molar-refractivity contribution in [2.45, 2.75) is 127 Å². The van der Waals surface area contributed by atoms with Gasteiger partial charge in [0.05, 0.1) is 31.1 Å². The summed E-state index contributed by atoms with van der Waals surface area (Å²) in [4.78, 5) is 71.7. The lowest BCUT2D eigenvalue weighted by molar-refractivity contribution is -0.140. The monoisotopic (exact) mass is 807 g/mol. The molecule has 14 nitrogen and oxygen atoms in total. The molecule has 4 aliphatic heterocycles. The Morgan fingerprint density at radius 1 is 0.946 bits per heavy atom. The molecular weight excluding hydrogens is 760 g/mol. The maximum atomic E-state index is 14.5. The molecule has 306 valence electrons. The van der Waals surface area contributed by atoms with Crippen LogP contribution in [-0.2, 0) is 47.2 Å². The highest BCUT2D eigenvalue weighted by molar-refractivity contribution is 7.87. The number of alkyl halides is 2. The predicted molar refractivity (Wildman–Crippen MR) is 192 cm³/mol. The molecule has 6 aliphatic rings. The van der Waals surface area contributed by atoms with Crippen LogP contribution in [0.1, 0.15) is 94.6 Å². The molecule has 0 spiro atoms. The largest absolute Gasteiger partial charge is 0.446 e. The standard InChI is InChI=1S/C38H48F3N5O9S/c39-29-13-8-9-24-20-44(22-28(24)29)36(51)55-27-17-31-32(47)19-37(34(49)43-56(52,53)45-16-15-38(40,41)23-45)18-25(37)10-4-2-1-3-5-14-30(33(48)46(31)21-27)42-35(50)54-26-11-6-7-12-26/h4,8-10,13,25-27,30-31H,1-3,5-7,11-12,14-23H2,(H,42,50)(H,43,49)/b10-4-/t25-,27-,30+,31+,37-/m1/s1. The van der Waals surface area contributed by atoms with Crippen molar-refractivity contribution in [2.75, 3.05) is 19.6 Å². The second kappa shape index (κ2) is 16.0. The molecule has 2 aliphatic carbocycles. The quantitative estimate of drug-likeness (QED) is 0.394. The van der Waals surface area contributed by atoms with Crippen molar-refractivity contribution >= 4 is 40.0 Å². The van der Waals surface area contributed by atoms with E-state index in [0.29, 0.717) is 54.0 Å². The van der Waals surface area contributed by atoms with Crippen LogP contribution >= 0.6 is 0 Å². The van der Waals surface area contributed by atoms with Gasteiger partial charge in [-0.25, -0.2) is 27.5 Å². The van der Waals surface area contributed by atoms with Gasteiger partial charge in [0.15, 0.2) is 5.78 Å². The molecule has 1 aromatic carbocycles.